The minimum absolute atomic E-state index is 0.103. The van der Waals surface area contributed by atoms with E-state index in [0.717, 1.165) is 0 Å². The van der Waals surface area contributed by atoms with E-state index < -0.39 is 23.9 Å². The van der Waals surface area contributed by atoms with E-state index in [1.165, 1.54) is 11.8 Å². The van der Waals surface area contributed by atoms with Crippen LogP contribution < -0.4 is 4.90 Å². The van der Waals surface area contributed by atoms with E-state index in [2.05, 4.69) is 0 Å². The zero-order chi connectivity index (χ0) is 18.8. The number of hydrogen-bond donors (Lipinski definition) is 3. The summed E-state index contributed by atoms with van der Waals surface area (Å²) in [5.41, 5.74) is -0.119. The SMILES string of the molecule is CCCN(C(=O)[C@H](C)O)c1c(I)c(C(=O)O)c(I)c(C(=O)O)c1I. The topological polar surface area (TPSA) is 115 Å². The van der Waals surface area contributed by atoms with Crippen LogP contribution in [0, 0.1) is 10.7 Å². The van der Waals surface area contributed by atoms with Crippen molar-refractivity contribution in [2.75, 3.05) is 11.4 Å². The van der Waals surface area contributed by atoms with Crippen LogP contribution in [0.25, 0.3) is 0 Å². The summed E-state index contributed by atoms with van der Waals surface area (Å²) in [6.45, 7) is 3.37. The fourth-order valence-corrected chi connectivity index (χ4v) is 6.72. The Bertz CT molecular complexity index is 663. The Balaban J connectivity index is 3.88. The number of aliphatic hydroxyl groups excluding tert-OH is 1. The summed E-state index contributed by atoms with van der Waals surface area (Å²) in [4.78, 5) is 36.8. The second-order valence-electron chi connectivity index (χ2n) is 4.82. The van der Waals surface area contributed by atoms with Crippen molar-refractivity contribution in [1.29, 1.82) is 0 Å². The average molecular weight is 673 g/mol. The third kappa shape index (κ3) is 4.30. The lowest BCUT2D eigenvalue weighted by Gasteiger charge is -2.28. The molecule has 0 aromatic heterocycles. The first-order chi connectivity index (χ1) is 11.1. The van der Waals surface area contributed by atoms with Crippen molar-refractivity contribution >= 4 is 91.3 Å². The van der Waals surface area contributed by atoms with Gasteiger partial charge in [-0.15, -0.1) is 0 Å². The Morgan fingerprint density at radius 1 is 1.00 bits per heavy atom. The Morgan fingerprint density at radius 2 is 1.42 bits per heavy atom. The van der Waals surface area contributed by atoms with Crippen molar-refractivity contribution < 1.29 is 29.7 Å². The number of nitrogens with zero attached hydrogens (tertiary/aromatic N) is 1. The predicted molar refractivity (Wildman–Crippen MR) is 113 cm³/mol. The largest absolute Gasteiger partial charge is 0.478 e. The summed E-state index contributed by atoms with van der Waals surface area (Å²) in [5.74, 6) is -3.16. The van der Waals surface area contributed by atoms with Crippen LogP contribution in [0.5, 0.6) is 0 Å². The van der Waals surface area contributed by atoms with E-state index in [1.54, 1.807) is 67.8 Å². The van der Waals surface area contributed by atoms with Crippen LogP contribution in [0.15, 0.2) is 0 Å². The highest BCUT2D eigenvalue weighted by Gasteiger charge is 2.32. The fourth-order valence-electron chi connectivity index (χ4n) is 2.04. The van der Waals surface area contributed by atoms with E-state index >= 15 is 0 Å². The van der Waals surface area contributed by atoms with Gasteiger partial charge >= 0.3 is 11.9 Å². The Morgan fingerprint density at radius 3 is 1.71 bits per heavy atom. The normalized spacial score (nSPS) is 11.9. The molecule has 0 saturated heterocycles. The molecule has 0 bridgehead atoms. The molecule has 3 N–H and O–H groups in total. The molecule has 1 amide bonds. The highest BCUT2D eigenvalue weighted by Crippen LogP contribution is 2.38. The van der Waals surface area contributed by atoms with Gasteiger partial charge in [0.05, 0.1) is 24.0 Å². The third-order valence-electron chi connectivity index (χ3n) is 3.06. The number of halogens is 3. The van der Waals surface area contributed by atoms with Crippen LogP contribution in [0.4, 0.5) is 5.69 Å². The van der Waals surface area contributed by atoms with Crippen molar-refractivity contribution in [3.63, 3.8) is 0 Å². The van der Waals surface area contributed by atoms with Gasteiger partial charge in [0.25, 0.3) is 5.91 Å². The minimum atomic E-state index is -1.29. The number of amides is 1. The number of rotatable bonds is 6. The number of carbonyl (C=O) groups excluding carboxylic acids is 1. The molecule has 1 rings (SSSR count). The first-order valence-electron chi connectivity index (χ1n) is 6.72. The van der Waals surface area contributed by atoms with Gasteiger partial charge in [-0.2, -0.15) is 0 Å². The standard InChI is InChI=1S/C14H14I3NO6/c1-3-4-18(12(20)5(2)19)11-9(16)6(13(21)22)8(15)7(10(11)17)14(23)24/h5,19H,3-4H2,1-2H3,(H,21,22)(H,23,24)/t5-/m0/s1. The van der Waals surface area contributed by atoms with E-state index in [0.29, 0.717) is 6.42 Å². The van der Waals surface area contributed by atoms with Crippen molar-refractivity contribution in [2.24, 2.45) is 0 Å². The number of hydrogen-bond acceptors (Lipinski definition) is 4. The number of carbonyl (C=O) groups is 3. The molecule has 132 valence electrons. The molecule has 7 nitrogen and oxygen atoms in total. The predicted octanol–water partition coefficient (Wildman–Crippen LogP) is 3.02. The van der Waals surface area contributed by atoms with E-state index in [9.17, 15) is 29.7 Å². The average Bonchev–Trinajstić information content (AvgIpc) is 2.44. The highest BCUT2D eigenvalue weighted by molar-refractivity contribution is 14.1. The number of anilines is 1. The summed E-state index contributed by atoms with van der Waals surface area (Å²) in [6.07, 6.45) is -0.731. The second-order valence-corrected chi connectivity index (χ2v) is 8.05. The number of benzene rings is 1. The lowest BCUT2D eigenvalue weighted by molar-refractivity contribution is -0.125. The lowest BCUT2D eigenvalue weighted by atomic mass is 10.1. The molecule has 0 spiro atoms. The number of carboxylic acid groups (broad SMARTS) is 2. The first kappa shape index (κ1) is 21.8. The van der Waals surface area contributed by atoms with E-state index in [-0.39, 0.29) is 34.1 Å². The Labute approximate surface area is 179 Å². The number of aromatic carboxylic acids is 2. The van der Waals surface area contributed by atoms with E-state index in [1.807, 2.05) is 6.92 Å². The van der Waals surface area contributed by atoms with Gasteiger partial charge in [0.15, 0.2) is 0 Å². The summed E-state index contributed by atoms with van der Waals surface area (Å²) in [7, 11) is 0. The summed E-state index contributed by atoms with van der Waals surface area (Å²) < 4.78 is 0.633. The quantitative estimate of drug-likeness (QED) is 0.401. The van der Waals surface area contributed by atoms with Crippen molar-refractivity contribution in [3.8, 4) is 0 Å². The molecule has 0 aliphatic heterocycles. The van der Waals surface area contributed by atoms with Gasteiger partial charge in [-0.1, -0.05) is 6.92 Å². The van der Waals surface area contributed by atoms with Crippen LogP contribution in [0.1, 0.15) is 41.0 Å². The monoisotopic (exact) mass is 673 g/mol. The highest BCUT2D eigenvalue weighted by atomic mass is 127. The Kier molecular flexibility index (Phi) is 8.12. The molecule has 0 fully saturated rings. The van der Waals surface area contributed by atoms with Crippen LogP contribution >= 0.6 is 67.8 Å². The maximum atomic E-state index is 12.4. The fraction of sp³-hybridized carbons (Fsp3) is 0.357. The zero-order valence-corrected chi connectivity index (χ0v) is 19.1. The molecule has 10 heteroatoms. The summed E-state index contributed by atoms with van der Waals surface area (Å²) >= 11 is 5.29. The first-order valence-corrected chi connectivity index (χ1v) is 9.96. The molecule has 24 heavy (non-hydrogen) atoms. The van der Waals surface area contributed by atoms with Crippen molar-refractivity contribution in [3.05, 3.63) is 21.8 Å². The molecule has 0 heterocycles. The number of carboxylic acids is 2. The van der Waals surface area contributed by atoms with Gasteiger partial charge in [-0.25, -0.2) is 9.59 Å². The van der Waals surface area contributed by atoms with Crippen LogP contribution in [-0.2, 0) is 4.79 Å². The zero-order valence-electron chi connectivity index (χ0n) is 12.6. The second kappa shape index (κ2) is 8.93. The molecule has 1 atom stereocenters. The van der Waals surface area contributed by atoms with Gasteiger partial charge in [-0.05, 0) is 81.1 Å². The van der Waals surface area contributed by atoms with Gasteiger partial charge in [0.2, 0.25) is 0 Å². The molecular formula is C14H14I3NO6. The smallest absolute Gasteiger partial charge is 0.337 e. The molecule has 0 unspecified atom stereocenters. The molecular weight excluding hydrogens is 659 g/mol. The van der Waals surface area contributed by atoms with Crippen LogP contribution in [0.2, 0.25) is 0 Å². The van der Waals surface area contributed by atoms with Crippen molar-refractivity contribution in [1.82, 2.24) is 0 Å². The van der Waals surface area contributed by atoms with Gasteiger partial charge in [-0.3, -0.25) is 4.79 Å². The molecule has 0 aliphatic carbocycles. The van der Waals surface area contributed by atoms with Crippen LogP contribution in [-0.4, -0.2) is 45.8 Å². The van der Waals surface area contributed by atoms with Crippen molar-refractivity contribution in [2.45, 2.75) is 26.4 Å². The third-order valence-corrected chi connectivity index (χ3v) is 6.24. The van der Waals surface area contributed by atoms with E-state index in [4.69, 9.17) is 0 Å². The summed E-state index contributed by atoms with van der Waals surface area (Å²) in [5, 5.41) is 28.6. The molecule has 0 radical (unpaired) electrons. The molecule has 1 aromatic rings. The number of aliphatic hydroxyl groups is 1. The molecule has 0 aliphatic rings. The maximum Gasteiger partial charge on any atom is 0.337 e. The van der Waals surface area contributed by atoms with Gasteiger partial charge < -0.3 is 20.2 Å². The van der Waals surface area contributed by atoms with Crippen LogP contribution in [0.3, 0.4) is 0 Å². The Hall–Kier alpha value is -0.220. The van der Waals surface area contributed by atoms with Gasteiger partial charge in [0, 0.05) is 10.1 Å². The lowest BCUT2D eigenvalue weighted by Crippen LogP contribution is -2.40. The summed E-state index contributed by atoms with van der Waals surface area (Å²) in [6, 6.07) is 0. The molecule has 1 aromatic carbocycles. The minimum Gasteiger partial charge on any atom is -0.478 e. The van der Waals surface area contributed by atoms with Gasteiger partial charge in [0.1, 0.15) is 6.10 Å². The molecule has 0 saturated carbocycles. The maximum absolute atomic E-state index is 12.4.